The number of methoxy groups -OCH3 is 1. The molecule has 0 N–H and O–H groups in total. The predicted octanol–water partition coefficient (Wildman–Crippen LogP) is 7.39. The van der Waals surface area contributed by atoms with Gasteiger partial charge in [0.25, 0.3) is 0 Å². The second kappa shape index (κ2) is 9.86. The van der Waals surface area contributed by atoms with Crippen LogP contribution in [0.2, 0.25) is 0 Å². The Morgan fingerprint density at radius 2 is 1.59 bits per heavy atom. The average Bonchev–Trinajstić information content (AvgIpc) is 2.80. The van der Waals surface area contributed by atoms with Gasteiger partial charge >= 0.3 is 0 Å². The highest BCUT2D eigenvalue weighted by Gasteiger charge is 2.36. The van der Waals surface area contributed by atoms with Crippen LogP contribution in [0.5, 0.6) is 5.75 Å². The summed E-state index contributed by atoms with van der Waals surface area (Å²) in [5.41, 5.74) is 0.515. The highest BCUT2D eigenvalue weighted by Crippen LogP contribution is 2.48. The molecule has 2 fully saturated rings. The molecule has 4 unspecified atom stereocenters. The number of halogens is 3. The fraction of sp³-hybridized carbons (Fsp3) is 0.429. The second-order valence-electron chi connectivity index (χ2n) is 9.06. The molecule has 2 aliphatic rings. The van der Waals surface area contributed by atoms with Crippen LogP contribution in [0, 0.1) is 47.0 Å². The zero-order valence-electron chi connectivity index (χ0n) is 18.6. The Labute approximate surface area is 188 Å². The summed E-state index contributed by atoms with van der Waals surface area (Å²) in [6.45, 7) is 2.07. The number of ether oxygens (including phenoxy) is 1. The topological polar surface area (TPSA) is 9.23 Å². The van der Waals surface area contributed by atoms with Gasteiger partial charge in [-0.2, -0.15) is 0 Å². The highest BCUT2D eigenvalue weighted by molar-refractivity contribution is 5.47. The molecule has 4 heteroatoms. The number of allylic oxidation sites excluding steroid dienone is 2. The summed E-state index contributed by atoms with van der Waals surface area (Å²) in [5.74, 6) is 5.26. The number of fused-ring (bicyclic) bond motifs is 1. The van der Waals surface area contributed by atoms with Crippen molar-refractivity contribution in [1.82, 2.24) is 0 Å². The molecule has 2 aliphatic carbocycles. The molecular weight excluding hydrogens is 409 g/mol. The fourth-order valence-corrected chi connectivity index (χ4v) is 5.49. The van der Waals surface area contributed by atoms with E-state index in [1.165, 1.54) is 38.2 Å². The van der Waals surface area contributed by atoms with Crippen molar-refractivity contribution in [3.05, 3.63) is 76.6 Å². The SMILES string of the molecule is C/C=C/C1CCC2CC(c3ccc(C#Cc4ccc(OC)cc4F)c(F)c3F)CCC2C1. The molecule has 0 bridgehead atoms. The molecule has 4 rings (SSSR count). The van der Waals surface area contributed by atoms with Crippen LogP contribution in [-0.4, -0.2) is 7.11 Å². The number of rotatable bonds is 3. The van der Waals surface area contributed by atoms with E-state index in [0.29, 0.717) is 29.1 Å². The van der Waals surface area contributed by atoms with Gasteiger partial charge in [-0.1, -0.05) is 30.1 Å². The zero-order valence-corrected chi connectivity index (χ0v) is 18.6. The molecule has 2 saturated carbocycles. The van der Waals surface area contributed by atoms with E-state index >= 15 is 0 Å². The Kier molecular flexibility index (Phi) is 6.94. The molecule has 0 aliphatic heterocycles. The van der Waals surface area contributed by atoms with Crippen LogP contribution in [0.4, 0.5) is 13.2 Å². The summed E-state index contributed by atoms with van der Waals surface area (Å²) in [5, 5.41) is 0. The van der Waals surface area contributed by atoms with Crippen molar-refractivity contribution in [3.63, 3.8) is 0 Å². The monoisotopic (exact) mass is 438 g/mol. The Balaban J connectivity index is 1.50. The molecule has 0 heterocycles. The van der Waals surface area contributed by atoms with Crippen LogP contribution in [0.15, 0.2) is 42.5 Å². The van der Waals surface area contributed by atoms with E-state index in [9.17, 15) is 13.2 Å². The molecule has 4 atom stereocenters. The van der Waals surface area contributed by atoms with E-state index in [1.54, 1.807) is 12.1 Å². The first kappa shape index (κ1) is 22.5. The van der Waals surface area contributed by atoms with Gasteiger partial charge in [0.1, 0.15) is 11.6 Å². The fourth-order valence-electron chi connectivity index (χ4n) is 5.49. The van der Waals surface area contributed by atoms with Gasteiger partial charge in [-0.25, -0.2) is 13.2 Å². The predicted molar refractivity (Wildman–Crippen MR) is 121 cm³/mol. The van der Waals surface area contributed by atoms with E-state index in [-0.39, 0.29) is 17.0 Å². The van der Waals surface area contributed by atoms with Crippen LogP contribution < -0.4 is 4.74 Å². The lowest BCUT2D eigenvalue weighted by Crippen LogP contribution is -2.30. The normalized spacial score (nSPS) is 25.2. The third-order valence-corrected chi connectivity index (χ3v) is 7.18. The van der Waals surface area contributed by atoms with Crippen molar-refractivity contribution in [3.8, 4) is 17.6 Å². The Hall–Kier alpha value is -2.67. The van der Waals surface area contributed by atoms with Gasteiger partial charge in [-0.15, -0.1) is 0 Å². The second-order valence-corrected chi connectivity index (χ2v) is 9.06. The Bertz CT molecular complexity index is 1060. The number of hydrogen-bond donors (Lipinski definition) is 0. The number of hydrogen-bond acceptors (Lipinski definition) is 1. The van der Waals surface area contributed by atoms with Gasteiger partial charge < -0.3 is 4.74 Å². The first-order valence-electron chi connectivity index (χ1n) is 11.5. The lowest BCUT2D eigenvalue weighted by Gasteiger charge is -2.41. The van der Waals surface area contributed by atoms with E-state index in [2.05, 4.69) is 30.9 Å². The quantitative estimate of drug-likeness (QED) is 0.359. The molecule has 1 nitrogen and oxygen atoms in total. The first-order valence-corrected chi connectivity index (χ1v) is 11.5. The van der Waals surface area contributed by atoms with Crippen molar-refractivity contribution in [2.45, 2.75) is 51.4 Å². The third-order valence-electron chi connectivity index (χ3n) is 7.18. The Morgan fingerprint density at radius 1 is 0.875 bits per heavy atom. The van der Waals surface area contributed by atoms with Crippen molar-refractivity contribution in [2.75, 3.05) is 7.11 Å². The third kappa shape index (κ3) is 4.72. The van der Waals surface area contributed by atoms with Gasteiger partial charge in [-0.3, -0.25) is 0 Å². The lowest BCUT2D eigenvalue weighted by molar-refractivity contribution is 0.132. The summed E-state index contributed by atoms with van der Waals surface area (Å²) < 4.78 is 48.8. The largest absolute Gasteiger partial charge is 0.497 e. The summed E-state index contributed by atoms with van der Waals surface area (Å²) in [6.07, 6.45) is 10.9. The first-order chi connectivity index (χ1) is 15.5. The van der Waals surface area contributed by atoms with Crippen molar-refractivity contribution in [2.24, 2.45) is 17.8 Å². The molecule has 0 amide bonds. The van der Waals surface area contributed by atoms with Crippen molar-refractivity contribution in [1.29, 1.82) is 0 Å². The van der Waals surface area contributed by atoms with Crippen LogP contribution in [0.1, 0.15) is 68.1 Å². The van der Waals surface area contributed by atoms with Crippen LogP contribution >= 0.6 is 0 Å². The summed E-state index contributed by atoms with van der Waals surface area (Å²) in [6, 6.07) is 7.45. The molecule has 32 heavy (non-hydrogen) atoms. The molecule has 0 aromatic heterocycles. The van der Waals surface area contributed by atoms with E-state index in [1.807, 2.05) is 0 Å². The molecular formula is C28H29F3O. The van der Waals surface area contributed by atoms with Gasteiger partial charge in [0.2, 0.25) is 0 Å². The maximum absolute atomic E-state index is 15.0. The summed E-state index contributed by atoms with van der Waals surface area (Å²) in [7, 11) is 1.45. The molecule has 0 spiro atoms. The minimum atomic E-state index is -0.942. The average molecular weight is 439 g/mol. The molecule has 2 aromatic rings. The lowest BCUT2D eigenvalue weighted by atomic mass is 9.64. The highest BCUT2D eigenvalue weighted by atomic mass is 19.2. The van der Waals surface area contributed by atoms with E-state index < -0.39 is 17.5 Å². The smallest absolute Gasteiger partial charge is 0.174 e. The zero-order chi connectivity index (χ0) is 22.7. The maximum atomic E-state index is 15.0. The molecule has 0 radical (unpaired) electrons. The summed E-state index contributed by atoms with van der Waals surface area (Å²) >= 11 is 0. The number of benzene rings is 2. The molecule has 0 saturated heterocycles. The van der Waals surface area contributed by atoms with Crippen molar-refractivity contribution < 1.29 is 17.9 Å². The summed E-state index contributed by atoms with van der Waals surface area (Å²) in [4.78, 5) is 0. The van der Waals surface area contributed by atoms with Crippen LogP contribution in [0.25, 0.3) is 0 Å². The van der Waals surface area contributed by atoms with E-state index in [4.69, 9.17) is 4.74 Å². The molecule has 168 valence electrons. The van der Waals surface area contributed by atoms with Gasteiger partial charge in [-0.05, 0) is 92.9 Å². The van der Waals surface area contributed by atoms with Crippen LogP contribution in [0.3, 0.4) is 0 Å². The maximum Gasteiger partial charge on any atom is 0.174 e. The minimum Gasteiger partial charge on any atom is -0.497 e. The Morgan fingerprint density at radius 3 is 2.34 bits per heavy atom. The van der Waals surface area contributed by atoms with Crippen LogP contribution in [-0.2, 0) is 0 Å². The van der Waals surface area contributed by atoms with Gasteiger partial charge in [0.15, 0.2) is 11.6 Å². The van der Waals surface area contributed by atoms with Crippen molar-refractivity contribution >= 4 is 0 Å². The minimum absolute atomic E-state index is 0.0464. The van der Waals surface area contributed by atoms with Gasteiger partial charge in [0, 0.05) is 6.07 Å². The standard InChI is InChI=1S/C28H29F3O/c1-3-4-18-5-6-22-16-23(10-9-21(22)15-18)25-14-12-20(27(30)28(25)31)8-7-19-11-13-24(32-2)17-26(19)29/h3-4,11-14,17-18,21-23H,5-6,9-10,15-16H2,1-2H3/b4-3+. The van der Waals surface area contributed by atoms with Gasteiger partial charge in [0.05, 0.1) is 18.2 Å². The molecule has 2 aromatic carbocycles. The van der Waals surface area contributed by atoms with E-state index in [0.717, 1.165) is 25.7 Å².